The van der Waals surface area contributed by atoms with Crippen LogP contribution in [-0.2, 0) is 9.30 Å². The van der Waals surface area contributed by atoms with E-state index in [1.54, 1.807) is 0 Å². The maximum Gasteiger partial charge on any atom is 0.466 e. The van der Waals surface area contributed by atoms with Crippen molar-refractivity contribution in [3.8, 4) is 0 Å². The third-order valence-corrected chi connectivity index (χ3v) is 3.88. The number of phosphoric acid groups is 1. The van der Waals surface area contributed by atoms with E-state index in [0.717, 1.165) is 6.61 Å². The average molecular weight is 381 g/mol. The van der Waals surface area contributed by atoms with Gasteiger partial charge in [-0.15, -0.1) is 6.58 Å². The molecule has 0 aromatic heterocycles. The minimum atomic E-state index is -4.64. The molecular formula is C19H41O5P. The summed E-state index contributed by atoms with van der Waals surface area (Å²) in [6.45, 7) is 7.54. The van der Waals surface area contributed by atoms with Gasteiger partial charge in [0.1, 0.15) is 0 Å². The van der Waals surface area contributed by atoms with E-state index in [4.69, 9.17) is 24.0 Å². The average Bonchev–Trinajstić information content (AvgIpc) is 2.53. The molecule has 0 aromatic rings. The van der Waals surface area contributed by atoms with Gasteiger partial charge in [-0.25, -0.2) is 4.57 Å². The molecule has 0 atom stereocenters. The van der Waals surface area contributed by atoms with Gasteiger partial charge < -0.3 is 19.4 Å². The fraction of sp³-hybridized carbons (Fsp3) is 0.895. The Labute approximate surface area is 155 Å². The molecule has 0 spiro atoms. The summed E-state index contributed by atoms with van der Waals surface area (Å²) in [6.07, 6.45) is 21.6. The summed E-state index contributed by atoms with van der Waals surface area (Å²) in [5.74, 6) is 0. The topological polar surface area (TPSA) is 87.0 Å². The second-order valence-electron chi connectivity index (χ2n) is 6.47. The van der Waals surface area contributed by atoms with Crippen LogP contribution in [0.15, 0.2) is 12.7 Å². The third kappa shape index (κ3) is 40.1. The first-order valence-electron chi connectivity index (χ1n) is 9.88. The molecule has 0 aromatic carbocycles. The van der Waals surface area contributed by atoms with E-state index in [9.17, 15) is 0 Å². The lowest BCUT2D eigenvalue weighted by atomic mass is 10.0. The van der Waals surface area contributed by atoms with Crippen molar-refractivity contribution in [1.82, 2.24) is 0 Å². The quantitative estimate of drug-likeness (QED) is 0.170. The van der Waals surface area contributed by atoms with Crippen molar-refractivity contribution in [1.29, 1.82) is 0 Å². The molecule has 0 bridgehead atoms. The number of unbranched alkanes of at least 4 members (excludes halogenated alkanes) is 13. The highest BCUT2D eigenvalue weighted by Gasteiger charge is 2.00. The molecule has 0 amide bonds. The summed E-state index contributed by atoms with van der Waals surface area (Å²) in [7, 11) is -4.64. The second-order valence-corrected chi connectivity index (χ2v) is 7.50. The predicted molar refractivity (Wildman–Crippen MR) is 106 cm³/mol. The summed E-state index contributed by atoms with van der Waals surface area (Å²) in [4.78, 5) is 21.6. The molecule has 0 saturated heterocycles. The van der Waals surface area contributed by atoms with Gasteiger partial charge in [-0.2, -0.15) is 0 Å². The Morgan fingerprint density at radius 3 is 1.40 bits per heavy atom. The van der Waals surface area contributed by atoms with Crippen LogP contribution in [0, 0.1) is 0 Å². The minimum Gasteiger partial charge on any atom is -0.377 e. The van der Waals surface area contributed by atoms with Gasteiger partial charge >= 0.3 is 7.82 Å². The number of hydrogen-bond donors (Lipinski definition) is 3. The molecule has 0 saturated carbocycles. The highest BCUT2D eigenvalue weighted by Crippen LogP contribution is 2.25. The lowest BCUT2D eigenvalue weighted by Crippen LogP contribution is -1.93. The fourth-order valence-electron chi connectivity index (χ4n) is 2.57. The van der Waals surface area contributed by atoms with Gasteiger partial charge in [-0.05, 0) is 6.42 Å². The van der Waals surface area contributed by atoms with Crippen molar-refractivity contribution in [2.75, 3.05) is 13.2 Å². The molecule has 0 heterocycles. The first kappa shape index (κ1) is 27.0. The zero-order chi connectivity index (χ0) is 19.2. The molecule has 5 nitrogen and oxygen atoms in total. The summed E-state index contributed by atoms with van der Waals surface area (Å²) in [6, 6.07) is 0. The van der Waals surface area contributed by atoms with Gasteiger partial charge in [-0.1, -0.05) is 96.5 Å². The molecule has 0 aliphatic carbocycles. The maximum absolute atomic E-state index is 8.88. The van der Waals surface area contributed by atoms with Crippen LogP contribution in [0.2, 0.25) is 0 Å². The van der Waals surface area contributed by atoms with E-state index in [1.165, 1.54) is 89.9 Å². The molecule has 0 fully saturated rings. The molecule has 0 unspecified atom stereocenters. The Bertz CT molecular complexity index is 296. The Kier molecular flexibility index (Phi) is 23.6. The van der Waals surface area contributed by atoms with Crippen LogP contribution in [0.3, 0.4) is 0 Å². The highest BCUT2D eigenvalue weighted by atomic mass is 31.2. The standard InChI is InChI=1S/C19H38O.H3O4P/c1-3-5-6-7-8-9-10-11-12-13-14-15-16-17-19-20-18-4-2;1-5(2,3)4/h4H,2-3,5-19H2,1H3;(H3,1,2,3,4). The van der Waals surface area contributed by atoms with Gasteiger partial charge in [0.15, 0.2) is 0 Å². The van der Waals surface area contributed by atoms with Crippen molar-refractivity contribution in [2.45, 2.75) is 96.8 Å². The Morgan fingerprint density at radius 1 is 0.760 bits per heavy atom. The minimum absolute atomic E-state index is 0.707. The number of rotatable bonds is 17. The molecule has 25 heavy (non-hydrogen) atoms. The number of ether oxygens (including phenoxy) is 1. The number of hydrogen-bond acceptors (Lipinski definition) is 2. The van der Waals surface area contributed by atoms with Crippen molar-refractivity contribution < 1.29 is 24.0 Å². The Balaban J connectivity index is 0. The fourth-order valence-corrected chi connectivity index (χ4v) is 2.57. The third-order valence-electron chi connectivity index (χ3n) is 3.88. The maximum atomic E-state index is 8.88. The summed E-state index contributed by atoms with van der Waals surface area (Å²) >= 11 is 0. The van der Waals surface area contributed by atoms with Crippen LogP contribution in [0.25, 0.3) is 0 Å². The van der Waals surface area contributed by atoms with Crippen molar-refractivity contribution in [2.24, 2.45) is 0 Å². The second kappa shape index (κ2) is 21.9. The molecule has 0 aliphatic rings. The van der Waals surface area contributed by atoms with Crippen LogP contribution in [-0.4, -0.2) is 27.9 Å². The van der Waals surface area contributed by atoms with E-state index in [2.05, 4.69) is 13.5 Å². The lowest BCUT2D eigenvalue weighted by Gasteiger charge is -2.03. The smallest absolute Gasteiger partial charge is 0.377 e. The predicted octanol–water partition coefficient (Wildman–Crippen LogP) is 5.74. The molecule has 6 heteroatoms. The largest absolute Gasteiger partial charge is 0.466 e. The molecule has 0 radical (unpaired) electrons. The molecule has 0 aliphatic heterocycles. The van der Waals surface area contributed by atoms with Crippen molar-refractivity contribution in [3.63, 3.8) is 0 Å². The molecular weight excluding hydrogens is 339 g/mol. The monoisotopic (exact) mass is 380 g/mol. The van der Waals surface area contributed by atoms with E-state index in [-0.39, 0.29) is 0 Å². The summed E-state index contributed by atoms with van der Waals surface area (Å²) < 4.78 is 14.3. The van der Waals surface area contributed by atoms with Crippen LogP contribution >= 0.6 is 7.82 Å². The van der Waals surface area contributed by atoms with Gasteiger partial charge in [0.2, 0.25) is 0 Å². The molecule has 152 valence electrons. The summed E-state index contributed by atoms with van der Waals surface area (Å²) in [5.41, 5.74) is 0. The SMILES string of the molecule is C=CCOCCCCCCCCCCCCCCCC.O=P(O)(O)O. The zero-order valence-corrected chi connectivity index (χ0v) is 17.1. The zero-order valence-electron chi connectivity index (χ0n) is 16.2. The Morgan fingerprint density at radius 2 is 1.08 bits per heavy atom. The molecule has 3 N–H and O–H groups in total. The van der Waals surface area contributed by atoms with Crippen molar-refractivity contribution >= 4 is 7.82 Å². The van der Waals surface area contributed by atoms with E-state index >= 15 is 0 Å². The van der Waals surface area contributed by atoms with Gasteiger partial charge in [0, 0.05) is 6.61 Å². The van der Waals surface area contributed by atoms with E-state index < -0.39 is 7.82 Å². The molecule has 0 rings (SSSR count). The first-order chi connectivity index (χ1) is 11.9. The highest BCUT2D eigenvalue weighted by molar-refractivity contribution is 7.45. The van der Waals surface area contributed by atoms with Crippen molar-refractivity contribution in [3.05, 3.63) is 12.7 Å². The lowest BCUT2D eigenvalue weighted by molar-refractivity contribution is 0.157. The van der Waals surface area contributed by atoms with Crippen LogP contribution in [0.4, 0.5) is 0 Å². The van der Waals surface area contributed by atoms with Crippen LogP contribution < -0.4 is 0 Å². The summed E-state index contributed by atoms with van der Waals surface area (Å²) in [5, 5.41) is 0. The Hall–Kier alpha value is -0.190. The van der Waals surface area contributed by atoms with E-state index in [0.29, 0.717) is 6.61 Å². The van der Waals surface area contributed by atoms with Gasteiger partial charge in [0.05, 0.1) is 6.61 Å². The first-order valence-corrected chi connectivity index (χ1v) is 11.4. The van der Waals surface area contributed by atoms with E-state index in [1.807, 2.05) is 6.08 Å². The van der Waals surface area contributed by atoms with Crippen LogP contribution in [0.5, 0.6) is 0 Å². The van der Waals surface area contributed by atoms with Gasteiger partial charge in [0.25, 0.3) is 0 Å². The normalized spacial score (nSPS) is 11.0. The van der Waals surface area contributed by atoms with Gasteiger partial charge in [-0.3, -0.25) is 0 Å². The van der Waals surface area contributed by atoms with Crippen LogP contribution in [0.1, 0.15) is 96.8 Å².